The highest BCUT2D eigenvalue weighted by atomic mass is 16.5. The fourth-order valence-electron chi connectivity index (χ4n) is 3.08. The largest absolute Gasteiger partial charge is 0.497 e. The van der Waals surface area contributed by atoms with Crippen LogP contribution in [0.4, 0.5) is 5.69 Å². The van der Waals surface area contributed by atoms with Gasteiger partial charge < -0.3 is 9.64 Å². The lowest BCUT2D eigenvalue weighted by molar-refractivity contribution is -0.120. The maximum atomic E-state index is 11.7. The number of nitrogens with one attached hydrogen (secondary N) is 1. The zero-order chi connectivity index (χ0) is 14.9. The zero-order valence-electron chi connectivity index (χ0n) is 12.6. The highest BCUT2D eigenvalue weighted by Crippen LogP contribution is 2.44. The molecule has 0 spiro atoms. The van der Waals surface area contributed by atoms with Gasteiger partial charge in [-0.25, -0.2) is 5.84 Å². The molecule has 0 saturated carbocycles. The van der Waals surface area contributed by atoms with Crippen molar-refractivity contribution in [2.75, 3.05) is 18.6 Å². The van der Waals surface area contributed by atoms with Crippen LogP contribution in [0.2, 0.25) is 0 Å². The third kappa shape index (κ3) is 2.58. The molecule has 1 unspecified atom stereocenters. The maximum Gasteiger partial charge on any atom is 0.253 e. The molecule has 0 saturated heterocycles. The third-order valence-corrected chi connectivity index (χ3v) is 4.06. The summed E-state index contributed by atoms with van der Waals surface area (Å²) in [5.74, 6) is 6.28. The van der Waals surface area contributed by atoms with Crippen molar-refractivity contribution in [3.8, 4) is 5.75 Å². The number of amides is 1. The number of anilines is 1. The number of hydrogen-bond donors (Lipinski definition) is 2. The number of nitrogens with two attached hydrogens (primary N) is 1. The minimum atomic E-state index is -0.193. The van der Waals surface area contributed by atoms with E-state index in [9.17, 15) is 4.79 Å². The van der Waals surface area contributed by atoms with Crippen molar-refractivity contribution in [1.29, 1.82) is 0 Å². The zero-order valence-corrected chi connectivity index (χ0v) is 12.6. The molecule has 5 heteroatoms. The Morgan fingerprint density at radius 3 is 2.85 bits per heavy atom. The molecule has 1 aliphatic rings. The van der Waals surface area contributed by atoms with Crippen LogP contribution in [-0.2, 0) is 4.79 Å². The fraction of sp³-hybridized carbons (Fsp3) is 0.533. The van der Waals surface area contributed by atoms with Crippen LogP contribution >= 0.6 is 0 Å². The molecule has 0 bridgehead atoms. The number of fused-ring (bicyclic) bond motifs is 1. The maximum absolute atomic E-state index is 11.7. The van der Waals surface area contributed by atoms with Crippen molar-refractivity contribution in [3.63, 3.8) is 0 Å². The first-order valence-electron chi connectivity index (χ1n) is 6.84. The molecule has 20 heavy (non-hydrogen) atoms. The van der Waals surface area contributed by atoms with Crippen LogP contribution in [0, 0.1) is 0 Å². The Bertz CT molecular complexity index is 514. The lowest BCUT2D eigenvalue weighted by Gasteiger charge is -2.47. The lowest BCUT2D eigenvalue weighted by Crippen LogP contribution is -2.53. The van der Waals surface area contributed by atoms with Gasteiger partial charge in [0.25, 0.3) is 5.91 Å². The SMILES string of the molecule is COc1ccc2c(c1)N(CC(=O)NN)C(C)(C)CC2C. The molecular weight excluding hydrogens is 254 g/mol. The Hall–Kier alpha value is -1.75. The third-order valence-electron chi connectivity index (χ3n) is 4.06. The Labute approximate surface area is 120 Å². The van der Waals surface area contributed by atoms with Crippen LogP contribution in [-0.4, -0.2) is 25.1 Å². The van der Waals surface area contributed by atoms with Crippen molar-refractivity contribution in [3.05, 3.63) is 23.8 Å². The summed E-state index contributed by atoms with van der Waals surface area (Å²) in [5.41, 5.74) is 4.40. The van der Waals surface area contributed by atoms with Gasteiger partial charge in [0, 0.05) is 17.3 Å². The second-order valence-corrected chi connectivity index (χ2v) is 6.00. The first-order chi connectivity index (χ1) is 9.39. The van der Waals surface area contributed by atoms with E-state index in [2.05, 4.69) is 37.2 Å². The van der Waals surface area contributed by atoms with Crippen LogP contribution in [0.25, 0.3) is 0 Å². The van der Waals surface area contributed by atoms with E-state index in [0.717, 1.165) is 17.9 Å². The van der Waals surface area contributed by atoms with Gasteiger partial charge in [-0.05, 0) is 37.8 Å². The first kappa shape index (κ1) is 14.7. The molecule has 5 nitrogen and oxygen atoms in total. The topological polar surface area (TPSA) is 67.6 Å². The molecule has 0 aromatic heterocycles. The molecule has 1 aliphatic heterocycles. The smallest absolute Gasteiger partial charge is 0.253 e. The van der Waals surface area contributed by atoms with Gasteiger partial charge in [-0.15, -0.1) is 0 Å². The van der Waals surface area contributed by atoms with Gasteiger partial charge >= 0.3 is 0 Å². The highest BCUT2D eigenvalue weighted by Gasteiger charge is 2.37. The van der Waals surface area contributed by atoms with E-state index >= 15 is 0 Å². The number of rotatable bonds is 3. The van der Waals surface area contributed by atoms with E-state index in [4.69, 9.17) is 10.6 Å². The molecular formula is C15H23N3O2. The van der Waals surface area contributed by atoms with Gasteiger partial charge in [0.1, 0.15) is 5.75 Å². The van der Waals surface area contributed by atoms with Gasteiger partial charge in [0.2, 0.25) is 0 Å². The molecule has 1 amide bonds. The van der Waals surface area contributed by atoms with Gasteiger partial charge in [-0.1, -0.05) is 13.0 Å². The molecule has 1 heterocycles. The summed E-state index contributed by atoms with van der Waals surface area (Å²) in [6.07, 6.45) is 0.990. The van der Waals surface area contributed by atoms with Gasteiger partial charge in [-0.2, -0.15) is 0 Å². The number of ether oxygens (including phenoxy) is 1. The number of benzene rings is 1. The van der Waals surface area contributed by atoms with Crippen molar-refractivity contribution in [2.24, 2.45) is 5.84 Å². The summed E-state index contributed by atoms with van der Waals surface area (Å²) in [7, 11) is 1.65. The monoisotopic (exact) mass is 277 g/mol. The molecule has 1 aromatic rings. The van der Waals surface area contributed by atoms with Crippen LogP contribution < -0.4 is 20.9 Å². The standard InChI is InChI=1S/C15H23N3O2/c1-10-8-15(2,3)18(9-14(19)17-16)13-7-11(20-4)5-6-12(10)13/h5-7,10H,8-9,16H2,1-4H3,(H,17,19). The molecule has 0 fully saturated rings. The van der Waals surface area contributed by atoms with E-state index in [-0.39, 0.29) is 18.0 Å². The van der Waals surface area contributed by atoms with Crippen molar-refractivity contribution < 1.29 is 9.53 Å². The summed E-state index contributed by atoms with van der Waals surface area (Å²) in [4.78, 5) is 13.8. The molecule has 3 N–H and O–H groups in total. The van der Waals surface area contributed by atoms with E-state index in [0.29, 0.717) is 5.92 Å². The summed E-state index contributed by atoms with van der Waals surface area (Å²) in [6, 6.07) is 6.05. The van der Waals surface area contributed by atoms with E-state index in [1.165, 1.54) is 5.56 Å². The molecule has 0 radical (unpaired) electrons. The summed E-state index contributed by atoms with van der Waals surface area (Å²) >= 11 is 0. The summed E-state index contributed by atoms with van der Waals surface area (Å²) < 4.78 is 5.31. The van der Waals surface area contributed by atoms with Crippen LogP contribution in [0.3, 0.4) is 0 Å². The number of nitrogens with zero attached hydrogens (tertiary/aromatic N) is 1. The van der Waals surface area contributed by atoms with Crippen molar-refractivity contribution in [2.45, 2.75) is 38.6 Å². The summed E-state index contributed by atoms with van der Waals surface area (Å²) in [6.45, 7) is 6.76. The number of carbonyl (C=O) groups is 1. The molecule has 110 valence electrons. The number of carbonyl (C=O) groups excluding carboxylic acids is 1. The molecule has 1 atom stereocenters. The Kier molecular flexibility index (Phi) is 3.90. The van der Waals surface area contributed by atoms with Crippen LogP contribution in [0.5, 0.6) is 5.75 Å². The minimum absolute atomic E-state index is 0.106. The van der Waals surface area contributed by atoms with Crippen LogP contribution in [0.15, 0.2) is 18.2 Å². The van der Waals surface area contributed by atoms with Gasteiger partial charge in [0.05, 0.1) is 13.7 Å². The van der Waals surface area contributed by atoms with Crippen molar-refractivity contribution in [1.82, 2.24) is 5.43 Å². The lowest BCUT2D eigenvalue weighted by atomic mass is 9.80. The van der Waals surface area contributed by atoms with Gasteiger partial charge in [-0.3, -0.25) is 10.2 Å². The number of methoxy groups -OCH3 is 1. The normalized spacial score (nSPS) is 20.2. The Morgan fingerprint density at radius 2 is 2.25 bits per heavy atom. The van der Waals surface area contributed by atoms with E-state index < -0.39 is 0 Å². The Balaban J connectivity index is 2.48. The average Bonchev–Trinajstić information content (AvgIpc) is 2.41. The Morgan fingerprint density at radius 1 is 1.55 bits per heavy atom. The first-order valence-corrected chi connectivity index (χ1v) is 6.84. The number of hydrazine groups is 1. The molecule has 1 aromatic carbocycles. The quantitative estimate of drug-likeness (QED) is 0.502. The summed E-state index contributed by atoms with van der Waals surface area (Å²) in [5, 5.41) is 0. The fourth-order valence-corrected chi connectivity index (χ4v) is 3.08. The predicted octanol–water partition coefficient (Wildman–Crippen LogP) is 1.78. The average molecular weight is 277 g/mol. The van der Waals surface area contributed by atoms with E-state index in [1.54, 1.807) is 7.11 Å². The second-order valence-electron chi connectivity index (χ2n) is 6.00. The minimum Gasteiger partial charge on any atom is -0.497 e. The number of hydrogen-bond acceptors (Lipinski definition) is 4. The van der Waals surface area contributed by atoms with Crippen molar-refractivity contribution >= 4 is 11.6 Å². The molecule has 0 aliphatic carbocycles. The predicted molar refractivity (Wildman–Crippen MR) is 79.8 cm³/mol. The van der Waals surface area contributed by atoms with Crippen LogP contribution in [0.1, 0.15) is 38.7 Å². The highest BCUT2D eigenvalue weighted by molar-refractivity contribution is 5.82. The molecule has 2 rings (SSSR count). The van der Waals surface area contributed by atoms with E-state index in [1.807, 2.05) is 12.1 Å². The second kappa shape index (κ2) is 5.32. The van der Waals surface area contributed by atoms with Gasteiger partial charge in [0.15, 0.2) is 0 Å².